The molecule has 0 bridgehead atoms. The van der Waals surface area contributed by atoms with Crippen LogP contribution in [0.3, 0.4) is 0 Å². The van der Waals surface area contributed by atoms with E-state index in [4.69, 9.17) is 4.74 Å². The van der Waals surface area contributed by atoms with Crippen molar-refractivity contribution in [3.05, 3.63) is 0 Å². The minimum Gasteiger partial charge on any atom is -0.378 e. The van der Waals surface area contributed by atoms with Gasteiger partial charge in [-0.3, -0.25) is 4.79 Å². The quantitative estimate of drug-likeness (QED) is 0.816. The van der Waals surface area contributed by atoms with Gasteiger partial charge in [-0.1, -0.05) is 27.7 Å². The molecule has 0 spiro atoms. The molecule has 2 fully saturated rings. The molecule has 0 aromatic carbocycles. The normalized spacial score (nSPS) is 34.1. The van der Waals surface area contributed by atoms with Crippen LogP contribution in [0, 0.1) is 11.3 Å². The number of hydrogen-bond acceptors (Lipinski definition) is 4. The molecule has 1 heterocycles. The Bertz CT molecular complexity index is 573. The molecule has 1 saturated heterocycles. The van der Waals surface area contributed by atoms with Gasteiger partial charge in [0, 0.05) is 25.1 Å². The van der Waals surface area contributed by atoms with Gasteiger partial charge in [0.25, 0.3) is 0 Å². The van der Waals surface area contributed by atoms with Gasteiger partial charge in [-0.2, -0.15) is 4.31 Å². The van der Waals surface area contributed by atoms with Crippen LogP contribution < -0.4 is 5.32 Å². The first-order chi connectivity index (χ1) is 10.5. The average Bonchev–Trinajstić information content (AvgIpc) is 2.77. The standard InChI is InChI=1S/C16H30N2O4S/c1-11(2)13(18-8-7-9-23(18,20)21)14(19)17-12-10-16(5,22-6)15(12,3)4/h11-13H,7-10H2,1-6H3,(H,17,19). The van der Waals surface area contributed by atoms with E-state index < -0.39 is 16.1 Å². The Morgan fingerprint density at radius 3 is 2.30 bits per heavy atom. The first kappa shape index (κ1) is 18.7. The molecule has 6 nitrogen and oxygen atoms in total. The van der Waals surface area contributed by atoms with Gasteiger partial charge < -0.3 is 10.1 Å². The van der Waals surface area contributed by atoms with Gasteiger partial charge in [0.2, 0.25) is 15.9 Å². The molecule has 3 unspecified atom stereocenters. The zero-order valence-electron chi connectivity index (χ0n) is 15.0. The van der Waals surface area contributed by atoms with E-state index in [2.05, 4.69) is 19.2 Å². The second-order valence-electron chi connectivity index (χ2n) is 7.89. The average molecular weight is 346 g/mol. The van der Waals surface area contributed by atoms with E-state index in [0.717, 1.165) is 6.42 Å². The number of methoxy groups -OCH3 is 1. The Morgan fingerprint density at radius 1 is 1.30 bits per heavy atom. The third kappa shape index (κ3) is 3.03. The number of rotatable bonds is 5. The molecule has 134 valence electrons. The fraction of sp³-hybridized carbons (Fsp3) is 0.938. The highest BCUT2D eigenvalue weighted by molar-refractivity contribution is 7.89. The molecule has 0 aromatic rings. The number of hydrogen-bond donors (Lipinski definition) is 1. The van der Waals surface area contributed by atoms with Gasteiger partial charge in [-0.25, -0.2) is 8.42 Å². The van der Waals surface area contributed by atoms with Crippen molar-refractivity contribution in [2.24, 2.45) is 11.3 Å². The maximum Gasteiger partial charge on any atom is 0.238 e. The van der Waals surface area contributed by atoms with Gasteiger partial charge in [-0.15, -0.1) is 0 Å². The van der Waals surface area contributed by atoms with E-state index in [9.17, 15) is 13.2 Å². The number of carbonyl (C=O) groups is 1. The summed E-state index contributed by atoms with van der Waals surface area (Å²) >= 11 is 0. The second-order valence-corrected chi connectivity index (χ2v) is 9.93. The van der Waals surface area contributed by atoms with Crippen LogP contribution in [-0.2, 0) is 19.6 Å². The lowest BCUT2D eigenvalue weighted by Crippen LogP contribution is -2.70. The van der Waals surface area contributed by atoms with E-state index in [0.29, 0.717) is 13.0 Å². The zero-order valence-corrected chi connectivity index (χ0v) is 15.9. The van der Waals surface area contributed by atoms with Crippen molar-refractivity contribution >= 4 is 15.9 Å². The van der Waals surface area contributed by atoms with Crippen molar-refractivity contribution in [1.29, 1.82) is 0 Å². The lowest BCUT2D eigenvalue weighted by atomic mass is 9.55. The molecule has 7 heteroatoms. The van der Waals surface area contributed by atoms with Crippen LogP contribution in [0.4, 0.5) is 0 Å². The first-order valence-corrected chi connectivity index (χ1v) is 9.92. The third-order valence-electron chi connectivity index (χ3n) is 5.94. The Balaban J connectivity index is 2.12. The molecule has 1 aliphatic carbocycles. The van der Waals surface area contributed by atoms with Gasteiger partial charge in [-0.05, 0) is 25.7 Å². The molecule has 1 aliphatic heterocycles. The van der Waals surface area contributed by atoms with Crippen LogP contribution in [0.2, 0.25) is 0 Å². The summed E-state index contributed by atoms with van der Waals surface area (Å²) in [6, 6.07) is -0.640. The smallest absolute Gasteiger partial charge is 0.238 e. The number of ether oxygens (including phenoxy) is 1. The van der Waals surface area contributed by atoms with Crippen LogP contribution in [-0.4, -0.2) is 55.7 Å². The lowest BCUT2D eigenvalue weighted by Gasteiger charge is -2.59. The summed E-state index contributed by atoms with van der Waals surface area (Å²) in [5, 5.41) is 3.07. The van der Waals surface area contributed by atoms with Crippen LogP contribution in [0.15, 0.2) is 0 Å². The number of carbonyl (C=O) groups excluding carboxylic acids is 1. The topological polar surface area (TPSA) is 75.7 Å². The van der Waals surface area contributed by atoms with Gasteiger partial charge in [0.15, 0.2) is 0 Å². The SMILES string of the molecule is COC1(C)CC(NC(=O)C(C(C)C)N2CCCS2(=O)=O)C1(C)C. The van der Waals surface area contributed by atoms with Crippen molar-refractivity contribution in [3.63, 3.8) is 0 Å². The van der Waals surface area contributed by atoms with Crippen LogP contribution in [0.5, 0.6) is 0 Å². The van der Waals surface area contributed by atoms with Gasteiger partial charge in [0.1, 0.15) is 6.04 Å². The molecule has 1 amide bonds. The first-order valence-electron chi connectivity index (χ1n) is 8.31. The van der Waals surface area contributed by atoms with Gasteiger partial charge >= 0.3 is 0 Å². The van der Waals surface area contributed by atoms with E-state index in [-0.39, 0.29) is 34.6 Å². The van der Waals surface area contributed by atoms with Crippen molar-refractivity contribution in [2.75, 3.05) is 19.4 Å². The summed E-state index contributed by atoms with van der Waals surface area (Å²) in [5.74, 6) is -0.123. The number of sulfonamides is 1. The number of nitrogens with zero attached hydrogens (tertiary/aromatic N) is 1. The van der Waals surface area contributed by atoms with Crippen LogP contribution in [0.1, 0.15) is 47.5 Å². The minimum absolute atomic E-state index is 0.00786. The molecule has 2 aliphatic rings. The minimum atomic E-state index is -3.31. The lowest BCUT2D eigenvalue weighted by molar-refractivity contribution is -0.183. The monoisotopic (exact) mass is 346 g/mol. The predicted molar refractivity (Wildman–Crippen MR) is 89.5 cm³/mol. The van der Waals surface area contributed by atoms with E-state index in [1.807, 2.05) is 20.8 Å². The summed E-state index contributed by atoms with van der Waals surface area (Å²) in [6.45, 7) is 10.4. The van der Waals surface area contributed by atoms with Crippen molar-refractivity contribution in [3.8, 4) is 0 Å². The van der Waals surface area contributed by atoms with Crippen molar-refractivity contribution < 1.29 is 17.9 Å². The second kappa shape index (κ2) is 6.01. The molecule has 23 heavy (non-hydrogen) atoms. The summed E-state index contributed by atoms with van der Waals surface area (Å²) in [4.78, 5) is 12.8. The highest BCUT2D eigenvalue weighted by atomic mass is 32.2. The van der Waals surface area contributed by atoms with E-state index in [1.165, 1.54) is 4.31 Å². The predicted octanol–water partition coefficient (Wildman–Crippen LogP) is 1.37. The molecule has 1 saturated carbocycles. The molecule has 0 radical (unpaired) electrons. The molecule has 3 atom stereocenters. The Kier molecular flexibility index (Phi) is 4.88. The molecule has 0 aromatic heterocycles. The molecular formula is C16H30N2O4S. The van der Waals surface area contributed by atoms with Crippen molar-refractivity contribution in [2.45, 2.75) is 65.1 Å². The zero-order chi connectivity index (χ0) is 17.6. The van der Waals surface area contributed by atoms with Gasteiger partial charge in [0.05, 0.1) is 11.4 Å². The molecule has 1 N–H and O–H groups in total. The largest absolute Gasteiger partial charge is 0.378 e. The Morgan fingerprint density at radius 2 is 1.91 bits per heavy atom. The Labute approximate surface area is 140 Å². The molecular weight excluding hydrogens is 316 g/mol. The van der Waals surface area contributed by atoms with E-state index in [1.54, 1.807) is 7.11 Å². The number of nitrogens with one attached hydrogen (secondary N) is 1. The fourth-order valence-corrected chi connectivity index (χ4v) is 5.54. The summed E-state index contributed by atoms with van der Waals surface area (Å²) in [6.07, 6.45) is 1.33. The van der Waals surface area contributed by atoms with Crippen LogP contribution >= 0.6 is 0 Å². The summed E-state index contributed by atoms with van der Waals surface area (Å²) in [5.41, 5.74) is -0.458. The highest BCUT2D eigenvalue weighted by Gasteiger charge is 2.58. The maximum absolute atomic E-state index is 12.8. The Hall–Kier alpha value is -0.660. The summed E-state index contributed by atoms with van der Waals surface area (Å²) < 4.78 is 31.3. The van der Waals surface area contributed by atoms with Crippen LogP contribution in [0.25, 0.3) is 0 Å². The maximum atomic E-state index is 12.8. The van der Waals surface area contributed by atoms with Crippen molar-refractivity contribution in [1.82, 2.24) is 9.62 Å². The number of amides is 1. The molecule has 2 rings (SSSR count). The summed E-state index contributed by atoms with van der Waals surface area (Å²) in [7, 11) is -1.62. The third-order valence-corrected chi connectivity index (χ3v) is 7.87. The highest BCUT2D eigenvalue weighted by Crippen LogP contribution is 2.51. The fourth-order valence-electron chi connectivity index (χ4n) is 3.72. The van der Waals surface area contributed by atoms with E-state index >= 15 is 0 Å².